The highest BCUT2D eigenvalue weighted by Gasteiger charge is 2.10. The third-order valence-corrected chi connectivity index (χ3v) is 4.07. The van der Waals surface area contributed by atoms with Crippen LogP contribution in [-0.2, 0) is 20.7 Å². The number of carbonyl (C=O) groups excluding carboxylic acids is 3. The lowest BCUT2D eigenvalue weighted by Gasteiger charge is -2.09. The number of amides is 1. The molecule has 2 aromatic rings. The standard InChI is InChI=1S/C19H17Cl2NO5/c20-15-6-5-13(16(21)9-15)7-8-22-18(24)11-27-19(25)12-26-17-4-2-1-3-14(17)10-23/h1-6,9-10H,7-8,11-12H2,(H,22,24). The predicted octanol–water partition coefficient (Wildman–Crippen LogP) is 3.09. The molecule has 2 rings (SSSR count). The number of ether oxygens (including phenoxy) is 2. The summed E-state index contributed by atoms with van der Waals surface area (Å²) in [5, 5.41) is 3.69. The fourth-order valence-corrected chi connectivity index (χ4v) is 2.65. The second-order valence-electron chi connectivity index (χ2n) is 5.44. The highest BCUT2D eigenvalue weighted by molar-refractivity contribution is 6.35. The molecule has 0 aliphatic carbocycles. The summed E-state index contributed by atoms with van der Waals surface area (Å²) in [6.07, 6.45) is 1.14. The minimum atomic E-state index is -0.716. The molecule has 0 unspecified atom stereocenters. The summed E-state index contributed by atoms with van der Waals surface area (Å²) in [6.45, 7) is -0.495. The van der Waals surface area contributed by atoms with Gasteiger partial charge in [0.15, 0.2) is 19.5 Å². The molecule has 0 spiro atoms. The average molecular weight is 410 g/mol. The van der Waals surface area contributed by atoms with Crippen LogP contribution < -0.4 is 10.1 Å². The van der Waals surface area contributed by atoms with Crippen molar-refractivity contribution in [1.82, 2.24) is 5.32 Å². The van der Waals surface area contributed by atoms with Gasteiger partial charge in [-0.25, -0.2) is 4.79 Å². The third kappa shape index (κ3) is 6.92. The van der Waals surface area contributed by atoms with Crippen molar-refractivity contribution >= 4 is 41.4 Å². The van der Waals surface area contributed by atoms with Gasteiger partial charge in [0, 0.05) is 16.6 Å². The minimum Gasteiger partial charge on any atom is -0.481 e. The molecule has 0 aliphatic rings. The van der Waals surface area contributed by atoms with Gasteiger partial charge in [-0.1, -0.05) is 41.4 Å². The monoisotopic (exact) mass is 409 g/mol. The van der Waals surface area contributed by atoms with Gasteiger partial charge in [-0.15, -0.1) is 0 Å². The van der Waals surface area contributed by atoms with Crippen LogP contribution in [-0.4, -0.2) is 37.9 Å². The van der Waals surface area contributed by atoms with E-state index >= 15 is 0 Å². The molecule has 0 saturated carbocycles. The van der Waals surface area contributed by atoms with Gasteiger partial charge < -0.3 is 14.8 Å². The maximum absolute atomic E-state index is 11.7. The zero-order chi connectivity index (χ0) is 19.6. The molecule has 142 valence electrons. The van der Waals surface area contributed by atoms with Gasteiger partial charge in [-0.05, 0) is 36.2 Å². The van der Waals surface area contributed by atoms with Gasteiger partial charge in [0.05, 0.1) is 5.56 Å². The first-order valence-corrected chi connectivity index (χ1v) is 8.78. The van der Waals surface area contributed by atoms with Crippen molar-refractivity contribution in [2.75, 3.05) is 19.8 Å². The Labute approximate surface area is 166 Å². The van der Waals surface area contributed by atoms with Crippen molar-refractivity contribution in [1.29, 1.82) is 0 Å². The van der Waals surface area contributed by atoms with Crippen LogP contribution in [0.15, 0.2) is 42.5 Å². The van der Waals surface area contributed by atoms with E-state index in [0.29, 0.717) is 34.9 Å². The highest BCUT2D eigenvalue weighted by Crippen LogP contribution is 2.21. The van der Waals surface area contributed by atoms with E-state index in [9.17, 15) is 14.4 Å². The van der Waals surface area contributed by atoms with E-state index in [1.54, 1.807) is 42.5 Å². The Kier molecular flexibility index (Phi) is 8.10. The smallest absolute Gasteiger partial charge is 0.344 e. The summed E-state index contributed by atoms with van der Waals surface area (Å²) < 4.78 is 10.1. The number of carbonyl (C=O) groups is 3. The van der Waals surface area contributed by atoms with Gasteiger partial charge >= 0.3 is 5.97 Å². The minimum absolute atomic E-state index is 0.272. The fraction of sp³-hybridized carbons (Fsp3) is 0.211. The van der Waals surface area contributed by atoms with Gasteiger partial charge in [-0.3, -0.25) is 9.59 Å². The molecule has 1 amide bonds. The SMILES string of the molecule is O=Cc1ccccc1OCC(=O)OCC(=O)NCCc1ccc(Cl)cc1Cl. The summed E-state index contributed by atoms with van der Waals surface area (Å²) in [7, 11) is 0. The van der Waals surface area contributed by atoms with Crippen LogP contribution in [0.4, 0.5) is 0 Å². The number of esters is 1. The molecule has 0 bridgehead atoms. The Hall–Kier alpha value is -2.57. The Morgan fingerprint density at radius 2 is 1.85 bits per heavy atom. The van der Waals surface area contributed by atoms with Crippen LogP contribution >= 0.6 is 23.2 Å². The molecule has 0 atom stereocenters. The lowest BCUT2D eigenvalue weighted by atomic mass is 10.1. The second kappa shape index (κ2) is 10.5. The largest absolute Gasteiger partial charge is 0.481 e. The summed E-state index contributed by atoms with van der Waals surface area (Å²) in [4.78, 5) is 34.2. The third-order valence-electron chi connectivity index (χ3n) is 3.49. The van der Waals surface area contributed by atoms with E-state index in [1.807, 2.05) is 0 Å². The highest BCUT2D eigenvalue weighted by atomic mass is 35.5. The van der Waals surface area contributed by atoms with Gasteiger partial charge in [0.25, 0.3) is 5.91 Å². The van der Waals surface area contributed by atoms with Crippen molar-refractivity contribution in [3.05, 3.63) is 63.6 Å². The van der Waals surface area contributed by atoms with E-state index in [0.717, 1.165) is 5.56 Å². The molecular formula is C19H17Cl2NO5. The van der Waals surface area contributed by atoms with Crippen molar-refractivity contribution in [3.8, 4) is 5.75 Å². The molecule has 0 saturated heterocycles. The summed E-state index contributed by atoms with van der Waals surface area (Å²) in [6, 6.07) is 11.6. The quantitative estimate of drug-likeness (QED) is 0.508. The Balaban J connectivity index is 1.67. The molecule has 6 nitrogen and oxygen atoms in total. The van der Waals surface area contributed by atoms with Crippen molar-refractivity contribution in [2.24, 2.45) is 0 Å². The van der Waals surface area contributed by atoms with Crippen LogP contribution in [0.1, 0.15) is 15.9 Å². The van der Waals surface area contributed by atoms with Crippen molar-refractivity contribution in [2.45, 2.75) is 6.42 Å². The maximum atomic E-state index is 11.7. The number of aldehydes is 1. The predicted molar refractivity (Wildman–Crippen MR) is 101 cm³/mol. The Morgan fingerprint density at radius 3 is 2.59 bits per heavy atom. The average Bonchev–Trinajstić information content (AvgIpc) is 2.66. The fourth-order valence-electron chi connectivity index (χ4n) is 2.15. The molecule has 0 heterocycles. The number of halogens is 2. The maximum Gasteiger partial charge on any atom is 0.344 e. The molecule has 0 aromatic heterocycles. The summed E-state index contributed by atoms with van der Waals surface area (Å²) in [5.41, 5.74) is 1.17. The first kappa shape index (κ1) is 20.7. The Morgan fingerprint density at radius 1 is 1.07 bits per heavy atom. The molecule has 0 radical (unpaired) electrons. The molecule has 0 aliphatic heterocycles. The number of hydrogen-bond acceptors (Lipinski definition) is 5. The first-order valence-electron chi connectivity index (χ1n) is 8.03. The summed E-state index contributed by atoms with van der Waals surface area (Å²) >= 11 is 11.9. The van der Waals surface area contributed by atoms with Crippen LogP contribution in [0.3, 0.4) is 0 Å². The normalized spacial score (nSPS) is 10.1. The van der Waals surface area contributed by atoms with Crippen molar-refractivity contribution in [3.63, 3.8) is 0 Å². The Bertz CT molecular complexity index is 825. The lowest BCUT2D eigenvalue weighted by Crippen LogP contribution is -2.31. The van der Waals surface area contributed by atoms with Crippen molar-refractivity contribution < 1.29 is 23.9 Å². The number of para-hydroxylation sites is 1. The van der Waals surface area contributed by atoms with E-state index in [4.69, 9.17) is 32.7 Å². The van der Waals surface area contributed by atoms with E-state index < -0.39 is 25.1 Å². The molecule has 27 heavy (non-hydrogen) atoms. The van der Waals surface area contributed by atoms with Crippen LogP contribution in [0, 0.1) is 0 Å². The van der Waals surface area contributed by atoms with Crippen LogP contribution in [0.2, 0.25) is 10.0 Å². The van der Waals surface area contributed by atoms with Gasteiger partial charge in [-0.2, -0.15) is 0 Å². The zero-order valence-electron chi connectivity index (χ0n) is 14.2. The topological polar surface area (TPSA) is 81.7 Å². The number of nitrogens with one attached hydrogen (secondary N) is 1. The first-order chi connectivity index (χ1) is 13.0. The zero-order valence-corrected chi connectivity index (χ0v) is 15.8. The van der Waals surface area contributed by atoms with Crippen LogP contribution in [0.25, 0.3) is 0 Å². The van der Waals surface area contributed by atoms with E-state index in [-0.39, 0.29) is 5.75 Å². The van der Waals surface area contributed by atoms with Gasteiger partial charge in [0.2, 0.25) is 0 Å². The molecule has 1 N–H and O–H groups in total. The number of hydrogen-bond donors (Lipinski definition) is 1. The van der Waals surface area contributed by atoms with E-state index in [2.05, 4.69) is 5.32 Å². The van der Waals surface area contributed by atoms with E-state index in [1.165, 1.54) is 0 Å². The van der Waals surface area contributed by atoms with Gasteiger partial charge in [0.1, 0.15) is 5.75 Å². The van der Waals surface area contributed by atoms with Crippen LogP contribution in [0.5, 0.6) is 5.75 Å². The second-order valence-corrected chi connectivity index (χ2v) is 6.28. The molecule has 8 heteroatoms. The molecular weight excluding hydrogens is 393 g/mol. The number of benzene rings is 2. The number of rotatable bonds is 9. The molecule has 2 aromatic carbocycles. The lowest BCUT2D eigenvalue weighted by molar-refractivity contribution is -0.150. The molecule has 0 fully saturated rings. The summed E-state index contributed by atoms with van der Waals surface area (Å²) in [5.74, 6) is -0.887.